The Bertz CT molecular complexity index is 809. The Morgan fingerprint density at radius 2 is 2.03 bits per heavy atom. The highest BCUT2D eigenvalue weighted by atomic mass is 32.2. The van der Waals surface area contributed by atoms with Crippen molar-refractivity contribution in [2.24, 2.45) is 28.6 Å². The number of ether oxygens (including phenoxy) is 2. The van der Waals surface area contributed by atoms with E-state index >= 15 is 0 Å². The van der Waals surface area contributed by atoms with Gasteiger partial charge in [0.2, 0.25) is 0 Å². The molecule has 3 rings (SSSR count). The molecule has 0 N–H and O–H groups in total. The van der Waals surface area contributed by atoms with Crippen LogP contribution in [0.3, 0.4) is 0 Å². The van der Waals surface area contributed by atoms with Crippen molar-refractivity contribution in [1.29, 1.82) is 0 Å². The third-order valence-corrected chi connectivity index (χ3v) is 8.21. The molecule has 3 fully saturated rings. The van der Waals surface area contributed by atoms with Crippen LogP contribution in [0.4, 0.5) is 0 Å². The summed E-state index contributed by atoms with van der Waals surface area (Å²) in [5.41, 5.74) is -0.0988. The summed E-state index contributed by atoms with van der Waals surface area (Å²) in [6.07, 6.45) is 6.70. The Hall–Kier alpha value is -1.82. The van der Waals surface area contributed by atoms with E-state index < -0.39 is 23.4 Å². The summed E-state index contributed by atoms with van der Waals surface area (Å²) >= 11 is 1.42. The fourth-order valence-electron chi connectivity index (χ4n) is 5.90. The van der Waals surface area contributed by atoms with E-state index in [9.17, 15) is 14.4 Å². The molecular weight excluding hydrogens is 400 g/mol. The smallest absolute Gasteiger partial charge is 0.331 e. The molecule has 6 atom stereocenters. The molecular formula is C24H32O5S. The molecule has 0 unspecified atom stereocenters. The first-order valence-electron chi connectivity index (χ1n) is 10.6. The molecule has 0 aromatic heterocycles. The van der Waals surface area contributed by atoms with Crippen molar-refractivity contribution in [2.75, 3.05) is 12.9 Å². The number of ketones is 1. The minimum atomic E-state index is -1.04. The lowest BCUT2D eigenvalue weighted by molar-refractivity contribution is -0.158. The van der Waals surface area contributed by atoms with Crippen molar-refractivity contribution >= 4 is 29.5 Å². The lowest BCUT2D eigenvalue weighted by atomic mass is 9.60. The maximum Gasteiger partial charge on any atom is 0.331 e. The normalized spacial score (nSPS) is 38.8. The molecule has 6 heteroatoms. The average Bonchev–Trinajstić information content (AvgIpc) is 3.17. The highest BCUT2D eigenvalue weighted by molar-refractivity contribution is 8.01. The van der Waals surface area contributed by atoms with Crippen molar-refractivity contribution < 1.29 is 23.9 Å². The Morgan fingerprint density at radius 3 is 2.60 bits per heavy atom. The van der Waals surface area contributed by atoms with Crippen LogP contribution in [0.1, 0.15) is 47.0 Å². The topological polar surface area (TPSA) is 69.7 Å². The number of rotatable bonds is 5. The molecule has 0 bridgehead atoms. The van der Waals surface area contributed by atoms with E-state index in [4.69, 9.17) is 9.47 Å². The first-order chi connectivity index (χ1) is 14.1. The number of Topliss-reactive ketones (excluding diaryl/α,β-unsaturated/α-hetero) is 1. The van der Waals surface area contributed by atoms with Gasteiger partial charge in [0.05, 0.1) is 0 Å². The predicted molar refractivity (Wildman–Crippen MR) is 118 cm³/mol. The molecule has 2 saturated carbocycles. The van der Waals surface area contributed by atoms with Gasteiger partial charge in [-0.3, -0.25) is 9.59 Å². The number of thioether (sulfide) groups is 1. The molecule has 1 heterocycles. The Labute approximate surface area is 183 Å². The lowest BCUT2D eigenvalue weighted by Gasteiger charge is -2.47. The third-order valence-electron chi connectivity index (χ3n) is 7.81. The molecule has 3 aliphatic rings. The van der Waals surface area contributed by atoms with E-state index in [1.165, 1.54) is 17.8 Å². The van der Waals surface area contributed by atoms with Gasteiger partial charge in [0.1, 0.15) is 18.1 Å². The van der Waals surface area contributed by atoms with Crippen LogP contribution in [0.5, 0.6) is 0 Å². The van der Waals surface area contributed by atoms with Gasteiger partial charge in [-0.1, -0.05) is 26.5 Å². The lowest BCUT2D eigenvalue weighted by Crippen LogP contribution is -2.48. The molecule has 0 aromatic carbocycles. The van der Waals surface area contributed by atoms with Crippen LogP contribution in [0.25, 0.3) is 0 Å². The van der Waals surface area contributed by atoms with Crippen molar-refractivity contribution in [2.45, 2.75) is 53.1 Å². The van der Waals surface area contributed by atoms with Gasteiger partial charge in [-0.15, -0.1) is 11.8 Å². The zero-order chi connectivity index (χ0) is 22.3. The summed E-state index contributed by atoms with van der Waals surface area (Å²) in [5, 5.41) is 1.69. The summed E-state index contributed by atoms with van der Waals surface area (Å²) in [6.45, 7) is 12.2. The summed E-state index contributed by atoms with van der Waals surface area (Å²) in [4.78, 5) is 39.2. The van der Waals surface area contributed by atoms with Gasteiger partial charge in [-0.05, 0) is 67.3 Å². The van der Waals surface area contributed by atoms with E-state index in [1.807, 2.05) is 13.2 Å². The van der Waals surface area contributed by atoms with Gasteiger partial charge >= 0.3 is 11.9 Å². The first kappa shape index (κ1) is 22.9. The molecule has 30 heavy (non-hydrogen) atoms. The van der Waals surface area contributed by atoms with Crippen LogP contribution < -0.4 is 0 Å². The van der Waals surface area contributed by atoms with E-state index in [-0.39, 0.29) is 35.6 Å². The maximum absolute atomic E-state index is 13.7. The number of carbonyl (C=O) groups excluding carboxylic acids is 3. The number of esters is 2. The molecule has 2 aliphatic carbocycles. The van der Waals surface area contributed by atoms with E-state index in [2.05, 4.69) is 20.4 Å². The van der Waals surface area contributed by atoms with Gasteiger partial charge < -0.3 is 9.47 Å². The number of hydrogen-bond donors (Lipinski definition) is 0. The van der Waals surface area contributed by atoms with Gasteiger partial charge in [0.25, 0.3) is 0 Å². The number of cyclic esters (lactones) is 1. The summed E-state index contributed by atoms with van der Waals surface area (Å²) in [5.74, 6) is -1.45. The number of hydrogen-bond acceptors (Lipinski definition) is 6. The van der Waals surface area contributed by atoms with E-state index in [0.29, 0.717) is 24.0 Å². The molecule has 164 valence electrons. The molecule has 0 radical (unpaired) electrons. The highest BCUT2D eigenvalue weighted by Gasteiger charge is 2.71. The highest BCUT2D eigenvalue weighted by Crippen LogP contribution is 2.68. The maximum atomic E-state index is 13.7. The third kappa shape index (κ3) is 3.37. The Kier molecular flexibility index (Phi) is 6.38. The van der Waals surface area contributed by atoms with Crippen molar-refractivity contribution in [3.63, 3.8) is 0 Å². The minimum Gasteiger partial charge on any atom is -0.460 e. The van der Waals surface area contributed by atoms with Crippen molar-refractivity contribution in [3.8, 4) is 0 Å². The van der Waals surface area contributed by atoms with Crippen molar-refractivity contribution in [3.05, 3.63) is 35.3 Å². The standard InChI is InChI=1S/C24H32O5S/c1-7-14(2)21(26)20-19-17(29-18(25)10-11-30-6)9-8-15(3)23(19,5)13-24(20)16(4)12-28-22(24)27/h7,10-11,15,17,19-20H,4,8-9,12-13H2,1-3,5-6H3/b11-10-,14-7-/t15-,17-,19+,20-,23+,24-/m0/s1. The van der Waals surface area contributed by atoms with Gasteiger partial charge in [-0.2, -0.15) is 0 Å². The molecule has 0 aromatic rings. The molecule has 1 aliphatic heterocycles. The number of carbonyl (C=O) groups is 3. The number of allylic oxidation sites excluding steroid dienone is 2. The van der Waals surface area contributed by atoms with Gasteiger partial charge in [-0.25, -0.2) is 4.79 Å². The molecule has 5 nitrogen and oxygen atoms in total. The zero-order valence-electron chi connectivity index (χ0n) is 18.5. The van der Waals surface area contributed by atoms with Crippen LogP contribution in [-0.2, 0) is 23.9 Å². The summed E-state index contributed by atoms with van der Waals surface area (Å²) in [6, 6.07) is 0. The molecule has 1 spiro atoms. The van der Waals surface area contributed by atoms with Crippen molar-refractivity contribution in [1.82, 2.24) is 0 Å². The molecule has 1 saturated heterocycles. The monoisotopic (exact) mass is 432 g/mol. The van der Waals surface area contributed by atoms with Gasteiger partial charge in [0.15, 0.2) is 5.78 Å². The predicted octanol–water partition coefficient (Wildman–Crippen LogP) is 4.48. The van der Waals surface area contributed by atoms with Crippen LogP contribution >= 0.6 is 11.8 Å². The summed E-state index contributed by atoms with van der Waals surface area (Å²) in [7, 11) is 0. The fourth-order valence-corrected chi connectivity index (χ4v) is 6.15. The average molecular weight is 433 g/mol. The fraction of sp³-hybridized carbons (Fsp3) is 0.625. The van der Waals surface area contributed by atoms with E-state index in [1.54, 1.807) is 18.4 Å². The second-order valence-electron chi connectivity index (χ2n) is 9.17. The van der Waals surface area contributed by atoms with Crippen LogP contribution in [0.15, 0.2) is 35.3 Å². The van der Waals surface area contributed by atoms with E-state index in [0.717, 1.165) is 6.42 Å². The second-order valence-corrected chi connectivity index (χ2v) is 9.91. The van der Waals surface area contributed by atoms with Crippen LogP contribution in [0.2, 0.25) is 0 Å². The molecule has 0 amide bonds. The quantitative estimate of drug-likeness (QED) is 0.362. The van der Waals surface area contributed by atoms with Crippen LogP contribution in [0, 0.1) is 28.6 Å². The second kappa shape index (κ2) is 8.37. The van der Waals surface area contributed by atoms with Crippen LogP contribution in [-0.4, -0.2) is 36.7 Å². The minimum absolute atomic E-state index is 0.0685. The number of fused-ring (bicyclic) bond motifs is 1. The van der Waals surface area contributed by atoms with Gasteiger partial charge in [0, 0.05) is 17.9 Å². The largest absolute Gasteiger partial charge is 0.460 e. The summed E-state index contributed by atoms with van der Waals surface area (Å²) < 4.78 is 11.3. The SMILES string of the molecule is C=C1COC(=O)[C@@]12C[C@@]1(C)[C@H]([C@@H](OC(=O)/C=C\SC)CC[C@@H]1C)[C@H]2C(=O)/C(C)=C\C. The first-order valence-corrected chi connectivity index (χ1v) is 11.8. The Morgan fingerprint density at radius 1 is 1.33 bits per heavy atom. The Balaban J connectivity index is 2.12. The zero-order valence-corrected chi connectivity index (χ0v) is 19.3.